The Morgan fingerprint density at radius 2 is 1.82 bits per heavy atom. The van der Waals surface area contributed by atoms with E-state index in [2.05, 4.69) is 5.32 Å². The SMILES string of the molecule is N#C[C@H](CC(N)=O)NC(=O)[C@@H]1CCCN1C(=O)OCc1ccc(-c2cc(F)cc(F)c2)cc1. The van der Waals surface area contributed by atoms with E-state index in [1.165, 1.54) is 17.0 Å². The minimum Gasteiger partial charge on any atom is -0.445 e. The van der Waals surface area contributed by atoms with Crippen LogP contribution in [0.15, 0.2) is 42.5 Å². The van der Waals surface area contributed by atoms with E-state index in [9.17, 15) is 23.2 Å². The van der Waals surface area contributed by atoms with Gasteiger partial charge in [0.15, 0.2) is 0 Å². The van der Waals surface area contributed by atoms with Crippen LogP contribution in [0.25, 0.3) is 11.1 Å². The van der Waals surface area contributed by atoms with Crippen molar-refractivity contribution in [2.75, 3.05) is 6.54 Å². The number of primary amides is 1. The third-order valence-corrected chi connectivity index (χ3v) is 5.18. The number of rotatable bonds is 7. The number of carbonyl (C=O) groups excluding carboxylic acids is 3. The lowest BCUT2D eigenvalue weighted by atomic mass is 10.0. The van der Waals surface area contributed by atoms with Gasteiger partial charge in [0.05, 0.1) is 12.5 Å². The highest BCUT2D eigenvalue weighted by Crippen LogP contribution is 2.23. The molecule has 1 heterocycles. The van der Waals surface area contributed by atoms with Gasteiger partial charge < -0.3 is 15.8 Å². The molecule has 8 nitrogen and oxygen atoms in total. The van der Waals surface area contributed by atoms with Crippen molar-refractivity contribution >= 4 is 17.9 Å². The van der Waals surface area contributed by atoms with Crippen LogP contribution in [-0.4, -0.2) is 41.4 Å². The Labute approximate surface area is 188 Å². The second kappa shape index (κ2) is 10.5. The Kier molecular flexibility index (Phi) is 7.56. The summed E-state index contributed by atoms with van der Waals surface area (Å²) in [5, 5.41) is 11.5. The lowest BCUT2D eigenvalue weighted by molar-refractivity contribution is -0.125. The van der Waals surface area contributed by atoms with Gasteiger partial charge in [-0.15, -0.1) is 0 Å². The van der Waals surface area contributed by atoms with E-state index >= 15 is 0 Å². The summed E-state index contributed by atoms with van der Waals surface area (Å²) in [5.41, 5.74) is 6.70. The highest BCUT2D eigenvalue weighted by Gasteiger charge is 2.36. The zero-order valence-electron chi connectivity index (χ0n) is 17.6. The molecule has 3 N–H and O–H groups in total. The summed E-state index contributed by atoms with van der Waals surface area (Å²) in [6, 6.07) is 9.79. The van der Waals surface area contributed by atoms with E-state index in [0.29, 0.717) is 36.1 Å². The highest BCUT2D eigenvalue weighted by molar-refractivity contribution is 5.87. The Balaban J connectivity index is 1.57. The summed E-state index contributed by atoms with van der Waals surface area (Å²) in [6.45, 7) is 0.248. The fourth-order valence-electron chi connectivity index (χ4n) is 3.60. The molecule has 172 valence electrons. The molecule has 0 saturated carbocycles. The van der Waals surface area contributed by atoms with Crippen LogP contribution < -0.4 is 11.1 Å². The Morgan fingerprint density at radius 3 is 2.42 bits per heavy atom. The van der Waals surface area contributed by atoms with Crippen LogP contribution in [0.1, 0.15) is 24.8 Å². The number of hydrogen-bond acceptors (Lipinski definition) is 5. The Bertz CT molecular complexity index is 1060. The topological polar surface area (TPSA) is 126 Å². The smallest absolute Gasteiger partial charge is 0.410 e. The average Bonchev–Trinajstić information content (AvgIpc) is 3.26. The maximum Gasteiger partial charge on any atom is 0.410 e. The first-order valence-electron chi connectivity index (χ1n) is 10.2. The van der Waals surface area contributed by atoms with Crippen molar-refractivity contribution in [2.24, 2.45) is 5.73 Å². The molecule has 0 aliphatic carbocycles. The molecule has 10 heteroatoms. The number of hydrogen-bond donors (Lipinski definition) is 2. The third-order valence-electron chi connectivity index (χ3n) is 5.18. The van der Waals surface area contributed by atoms with Gasteiger partial charge >= 0.3 is 6.09 Å². The van der Waals surface area contributed by atoms with E-state index in [4.69, 9.17) is 15.7 Å². The second-order valence-corrected chi connectivity index (χ2v) is 7.62. The maximum atomic E-state index is 13.4. The van der Waals surface area contributed by atoms with Crippen LogP contribution in [-0.2, 0) is 20.9 Å². The third kappa shape index (κ3) is 6.26. The number of amides is 3. The second-order valence-electron chi connectivity index (χ2n) is 7.62. The van der Waals surface area contributed by atoms with Crippen LogP contribution >= 0.6 is 0 Å². The van der Waals surface area contributed by atoms with E-state index in [-0.39, 0.29) is 13.0 Å². The quantitative estimate of drug-likeness (QED) is 0.663. The molecule has 2 aromatic rings. The molecule has 1 aliphatic rings. The first kappa shape index (κ1) is 23.7. The van der Waals surface area contributed by atoms with Crippen molar-refractivity contribution < 1.29 is 27.9 Å². The average molecular weight is 456 g/mol. The minimum absolute atomic E-state index is 0.0655. The zero-order chi connectivity index (χ0) is 24.0. The minimum atomic E-state index is -1.07. The largest absolute Gasteiger partial charge is 0.445 e. The number of halogens is 2. The van der Waals surface area contributed by atoms with E-state index in [1.54, 1.807) is 30.3 Å². The van der Waals surface area contributed by atoms with Crippen LogP contribution in [0.3, 0.4) is 0 Å². The van der Waals surface area contributed by atoms with Gasteiger partial charge in [0.2, 0.25) is 11.8 Å². The molecule has 2 aromatic carbocycles. The normalized spacial score (nSPS) is 16.0. The van der Waals surface area contributed by atoms with Gasteiger partial charge in [-0.3, -0.25) is 14.5 Å². The van der Waals surface area contributed by atoms with Gasteiger partial charge in [-0.25, -0.2) is 13.6 Å². The molecule has 0 bridgehead atoms. The Hall–Kier alpha value is -4.00. The molecule has 3 amide bonds. The first-order chi connectivity index (χ1) is 15.8. The summed E-state index contributed by atoms with van der Waals surface area (Å²) < 4.78 is 32.2. The number of nitrogens with one attached hydrogen (secondary N) is 1. The summed E-state index contributed by atoms with van der Waals surface area (Å²) in [7, 11) is 0. The molecule has 1 fully saturated rings. The van der Waals surface area contributed by atoms with Crippen molar-refractivity contribution in [3.63, 3.8) is 0 Å². The summed E-state index contributed by atoms with van der Waals surface area (Å²) in [4.78, 5) is 37.3. The van der Waals surface area contributed by atoms with Crippen molar-refractivity contribution in [1.82, 2.24) is 10.2 Å². The standard InChI is InChI=1S/C23H22F2N4O4/c24-17-8-16(9-18(25)10-17)15-5-3-14(4-6-15)13-33-23(32)29-7-1-2-20(29)22(31)28-19(12-26)11-21(27)30/h3-6,8-10,19-20H,1-2,7,11,13H2,(H2,27,30)(H,28,31)/t19-,20-/m0/s1. The molecule has 1 aliphatic heterocycles. The monoisotopic (exact) mass is 456 g/mol. The molecule has 0 spiro atoms. The van der Waals surface area contributed by atoms with Crippen LogP contribution in [0, 0.1) is 23.0 Å². The predicted molar refractivity (Wildman–Crippen MR) is 113 cm³/mol. The predicted octanol–water partition coefficient (Wildman–Crippen LogP) is 2.62. The summed E-state index contributed by atoms with van der Waals surface area (Å²) in [5.74, 6) is -2.63. The zero-order valence-corrected chi connectivity index (χ0v) is 17.6. The van der Waals surface area contributed by atoms with Crippen LogP contribution in [0.2, 0.25) is 0 Å². The molecule has 1 saturated heterocycles. The lowest BCUT2D eigenvalue weighted by Gasteiger charge is -2.24. The number of nitrogens with zero attached hydrogens (tertiary/aromatic N) is 2. The number of carbonyl (C=O) groups is 3. The van der Waals surface area contributed by atoms with Crippen molar-refractivity contribution in [3.8, 4) is 17.2 Å². The van der Waals surface area contributed by atoms with E-state index in [1.807, 2.05) is 0 Å². The molecule has 0 unspecified atom stereocenters. The molecule has 33 heavy (non-hydrogen) atoms. The van der Waals surface area contributed by atoms with Gasteiger partial charge in [-0.05, 0) is 41.7 Å². The number of likely N-dealkylation sites (tertiary alicyclic amines) is 1. The van der Waals surface area contributed by atoms with Gasteiger partial charge in [0.1, 0.15) is 30.3 Å². The molecule has 2 atom stereocenters. The first-order valence-corrected chi connectivity index (χ1v) is 10.2. The maximum absolute atomic E-state index is 13.4. The summed E-state index contributed by atoms with van der Waals surface area (Å²) in [6.07, 6.45) is -0.0296. The fourth-order valence-corrected chi connectivity index (χ4v) is 3.60. The van der Waals surface area contributed by atoms with Crippen molar-refractivity contribution in [1.29, 1.82) is 5.26 Å². The van der Waals surface area contributed by atoms with Gasteiger partial charge in [-0.1, -0.05) is 24.3 Å². The highest BCUT2D eigenvalue weighted by atomic mass is 19.1. The van der Waals surface area contributed by atoms with E-state index in [0.717, 1.165) is 6.07 Å². The Morgan fingerprint density at radius 1 is 1.15 bits per heavy atom. The van der Waals surface area contributed by atoms with Crippen LogP contribution in [0.4, 0.5) is 13.6 Å². The van der Waals surface area contributed by atoms with Gasteiger partial charge in [-0.2, -0.15) is 5.26 Å². The van der Waals surface area contributed by atoms with E-state index < -0.39 is 41.6 Å². The molecule has 0 radical (unpaired) electrons. The molecular formula is C23H22F2N4O4. The number of nitriles is 1. The summed E-state index contributed by atoms with van der Waals surface area (Å²) >= 11 is 0. The fraction of sp³-hybridized carbons (Fsp3) is 0.304. The molecular weight excluding hydrogens is 434 g/mol. The van der Waals surface area contributed by atoms with Crippen LogP contribution in [0.5, 0.6) is 0 Å². The molecule has 0 aromatic heterocycles. The van der Waals surface area contributed by atoms with Gasteiger partial charge in [0.25, 0.3) is 0 Å². The van der Waals surface area contributed by atoms with Crippen molar-refractivity contribution in [2.45, 2.75) is 38.0 Å². The van der Waals surface area contributed by atoms with Crippen molar-refractivity contribution in [3.05, 3.63) is 59.7 Å². The number of nitrogens with two attached hydrogens (primary N) is 1. The van der Waals surface area contributed by atoms with Gasteiger partial charge in [0, 0.05) is 12.6 Å². The number of ether oxygens (including phenoxy) is 1. The molecule has 3 rings (SSSR count). The lowest BCUT2D eigenvalue weighted by Crippen LogP contribution is -2.49. The number of benzene rings is 2.